The van der Waals surface area contributed by atoms with E-state index in [1.807, 2.05) is 34.6 Å². The number of rotatable bonds is 3. The summed E-state index contributed by atoms with van der Waals surface area (Å²) < 4.78 is 10.8. The van der Waals surface area contributed by atoms with Gasteiger partial charge in [-0.1, -0.05) is 0 Å². The van der Waals surface area contributed by atoms with E-state index >= 15 is 0 Å². The lowest BCUT2D eigenvalue weighted by Gasteiger charge is -2.43. The fraction of sp³-hybridized carbons (Fsp3) is 0.917. The molecule has 0 N–H and O–H groups in total. The smallest absolute Gasteiger partial charge is 0.323 e. The Bertz CT molecular complexity index is 253. The lowest BCUT2D eigenvalue weighted by Crippen LogP contribution is -2.56. The molecule has 0 radical (unpaired) electrons. The van der Waals surface area contributed by atoms with E-state index in [1.165, 1.54) is 0 Å². The lowest BCUT2D eigenvalue weighted by molar-refractivity contribution is -0.162. The Balaban J connectivity index is 2.62. The molecule has 0 spiro atoms. The van der Waals surface area contributed by atoms with Crippen LogP contribution in [0.25, 0.3) is 0 Å². The SMILES string of the molecule is CCOC(=O)C(C)N1CC(C)OC(C)(C)C1. The Labute approximate surface area is 97.9 Å². The summed E-state index contributed by atoms with van der Waals surface area (Å²) in [6.45, 7) is 11.8. The van der Waals surface area contributed by atoms with E-state index in [-0.39, 0.29) is 23.7 Å². The summed E-state index contributed by atoms with van der Waals surface area (Å²) in [4.78, 5) is 13.8. The van der Waals surface area contributed by atoms with Gasteiger partial charge in [0.1, 0.15) is 6.04 Å². The summed E-state index contributed by atoms with van der Waals surface area (Å²) in [5.74, 6) is -0.146. The maximum absolute atomic E-state index is 11.7. The highest BCUT2D eigenvalue weighted by atomic mass is 16.5. The summed E-state index contributed by atoms with van der Waals surface area (Å²) in [7, 11) is 0. The summed E-state index contributed by atoms with van der Waals surface area (Å²) >= 11 is 0. The van der Waals surface area contributed by atoms with Crippen LogP contribution < -0.4 is 0 Å². The van der Waals surface area contributed by atoms with E-state index < -0.39 is 0 Å². The van der Waals surface area contributed by atoms with Gasteiger partial charge in [-0.25, -0.2) is 0 Å². The lowest BCUT2D eigenvalue weighted by atomic mass is 10.0. The highest BCUT2D eigenvalue weighted by Gasteiger charge is 2.35. The van der Waals surface area contributed by atoms with Crippen molar-refractivity contribution in [2.45, 2.75) is 52.4 Å². The third kappa shape index (κ3) is 3.46. The molecule has 1 fully saturated rings. The van der Waals surface area contributed by atoms with Crippen molar-refractivity contribution in [3.8, 4) is 0 Å². The normalized spacial score (nSPS) is 27.4. The molecule has 1 heterocycles. The van der Waals surface area contributed by atoms with Crippen LogP contribution in [0.3, 0.4) is 0 Å². The maximum Gasteiger partial charge on any atom is 0.323 e. The molecular weight excluding hydrogens is 206 g/mol. The molecule has 2 atom stereocenters. The van der Waals surface area contributed by atoms with Crippen LogP contribution in [0.15, 0.2) is 0 Å². The molecule has 1 saturated heterocycles. The van der Waals surface area contributed by atoms with E-state index in [0.717, 1.165) is 13.1 Å². The number of hydrogen-bond acceptors (Lipinski definition) is 4. The van der Waals surface area contributed by atoms with Crippen LogP contribution >= 0.6 is 0 Å². The Morgan fingerprint density at radius 2 is 2.25 bits per heavy atom. The molecule has 4 nitrogen and oxygen atoms in total. The predicted molar refractivity (Wildman–Crippen MR) is 62.3 cm³/mol. The van der Waals surface area contributed by atoms with E-state index in [0.29, 0.717) is 6.61 Å². The summed E-state index contributed by atoms with van der Waals surface area (Å²) in [6, 6.07) is -0.189. The van der Waals surface area contributed by atoms with Crippen molar-refractivity contribution < 1.29 is 14.3 Å². The van der Waals surface area contributed by atoms with Crippen LogP contribution in [0.5, 0.6) is 0 Å². The van der Waals surface area contributed by atoms with Crippen LogP contribution in [0.1, 0.15) is 34.6 Å². The fourth-order valence-electron chi connectivity index (χ4n) is 2.21. The van der Waals surface area contributed by atoms with Crippen molar-refractivity contribution in [3.05, 3.63) is 0 Å². The summed E-state index contributed by atoms with van der Waals surface area (Å²) in [5.41, 5.74) is -0.196. The van der Waals surface area contributed by atoms with Gasteiger partial charge in [-0.3, -0.25) is 9.69 Å². The van der Waals surface area contributed by atoms with Crippen LogP contribution in [0, 0.1) is 0 Å². The van der Waals surface area contributed by atoms with Gasteiger partial charge < -0.3 is 9.47 Å². The van der Waals surface area contributed by atoms with E-state index in [9.17, 15) is 4.79 Å². The van der Waals surface area contributed by atoms with Gasteiger partial charge in [-0.05, 0) is 34.6 Å². The first-order valence-corrected chi connectivity index (χ1v) is 5.94. The Hall–Kier alpha value is -0.610. The topological polar surface area (TPSA) is 38.8 Å². The minimum Gasteiger partial charge on any atom is -0.465 e. The maximum atomic E-state index is 11.7. The second kappa shape index (κ2) is 5.15. The van der Waals surface area contributed by atoms with Crippen LogP contribution in [0.4, 0.5) is 0 Å². The molecule has 0 bridgehead atoms. The molecule has 2 unspecified atom stereocenters. The monoisotopic (exact) mass is 229 g/mol. The Morgan fingerprint density at radius 3 is 2.75 bits per heavy atom. The van der Waals surface area contributed by atoms with Gasteiger partial charge in [0.15, 0.2) is 0 Å². The molecule has 4 heteroatoms. The van der Waals surface area contributed by atoms with Gasteiger partial charge in [0, 0.05) is 13.1 Å². The number of hydrogen-bond donors (Lipinski definition) is 0. The highest BCUT2D eigenvalue weighted by molar-refractivity contribution is 5.75. The average molecular weight is 229 g/mol. The first-order valence-electron chi connectivity index (χ1n) is 5.94. The molecular formula is C12H23NO3. The zero-order valence-corrected chi connectivity index (χ0v) is 10.9. The molecule has 0 aromatic carbocycles. The predicted octanol–water partition coefficient (Wildman–Crippen LogP) is 1.44. The number of esters is 1. The molecule has 1 aliphatic rings. The molecule has 94 valence electrons. The van der Waals surface area contributed by atoms with Crippen molar-refractivity contribution in [2.24, 2.45) is 0 Å². The number of nitrogens with zero attached hydrogens (tertiary/aromatic N) is 1. The number of ether oxygens (including phenoxy) is 2. The van der Waals surface area contributed by atoms with E-state index in [1.54, 1.807) is 0 Å². The summed E-state index contributed by atoms with van der Waals surface area (Å²) in [5, 5.41) is 0. The van der Waals surface area contributed by atoms with Crippen molar-refractivity contribution in [1.82, 2.24) is 4.90 Å². The van der Waals surface area contributed by atoms with E-state index in [4.69, 9.17) is 9.47 Å². The van der Waals surface area contributed by atoms with Crippen LogP contribution in [-0.2, 0) is 14.3 Å². The van der Waals surface area contributed by atoms with Gasteiger partial charge in [-0.15, -0.1) is 0 Å². The standard InChI is InChI=1S/C12H23NO3/c1-6-15-11(14)10(3)13-7-9(2)16-12(4,5)8-13/h9-10H,6-8H2,1-5H3. The van der Waals surface area contributed by atoms with Crippen molar-refractivity contribution in [2.75, 3.05) is 19.7 Å². The molecule has 0 aromatic heterocycles. The Morgan fingerprint density at radius 1 is 1.62 bits per heavy atom. The zero-order chi connectivity index (χ0) is 12.3. The quantitative estimate of drug-likeness (QED) is 0.686. The Kier molecular flexibility index (Phi) is 4.33. The summed E-state index contributed by atoms with van der Waals surface area (Å²) in [6.07, 6.45) is 0.153. The third-order valence-corrected chi connectivity index (χ3v) is 2.77. The van der Waals surface area contributed by atoms with Crippen LogP contribution in [-0.4, -0.2) is 48.3 Å². The number of carbonyl (C=O) groups excluding carboxylic acids is 1. The number of carbonyl (C=O) groups is 1. The first kappa shape index (κ1) is 13.5. The van der Waals surface area contributed by atoms with Gasteiger partial charge in [-0.2, -0.15) is 0 Å². The molecule has 0 aliphatic carbocycles. The van der Waals surface area contributed by atoms with Gasteiger partial charge in [0.25, 0.3) is 0 Å². The van der Waals surface area contributed by atoms with Crippen LogP contribution in [0.2, 0.25) is 0 Å². The molecule has 1 aliphatic heterocycles. The molecule has 1 rings (SSSR count). The van der Waals surface area contributed by atoms with Crippen molar-refractivity contribution in [1.29, 1.82) is 0 Å². The number of morpholine rings is 1. The van der Waals surface area contributed by atoms with Gasteiger partial charge in [0.05, 0.1) is 18.3 Å². The fourth-order valence-corrected chi connectivity index (χ4v) is 2.21. The minimum absolute atomic E-state index is 0.146. The molecule has 0 amide bonds. The first-order chi connectivity index (χ1) is 7.35. The van der Waals surface area contributed by atoms with Gasteiger partial charge in [0.2, 0.25) is 0 Å². The molecule has 0 saturated carbocycles. The molecule has 16 heavy (non-hydrogen) atoms. The average Bonchev–Trinajstić information content (AvgIpc) is 2.13. The minimum atomic E-state index is -0.196. The van der Waals surface area contributed by atoms with Crippen molar-refractivity contribution in [3.63, 3.8) is 0 Å². The zero-order valence-electron chi connectivity index (χ0n) is 10.9. The van der Waals surface area contributed by atoms with Crippen molar-refractivity contribution >= 4 is 5.97 Å². The molecule has 0 aromatic rings. The third-order valence-electron chi connectivity index (χ3n) is 2.77. The largest absolute Gasteiger partial charge is 0.465 e. The van der Waals surface area contributed by atoms with E-state index in [2.05, 4.69) is 4.90 Å². The highest BCUT2D eigenvalue weighted by Crippen LogP contribution is 2.22. The van der Waals surface area contributed by atoms with Gasteiger partial charge >= 0.3 is 5.97 Å². The second-order valence-electron chi connectivity index (χ2n) is 5.05. The second-order valence-corrected chi connectivity index (χ2v) is 5.05.